The fourth-order valence-corrected chi connectivity index (χ4v) is 3.06. The number of imidazole rings is 1. The van der Waals surface area contributed by atoms with Crippen molar-refractivity contribution in [2.75, 3.05) is 0 Å². The summed E-state index contributed by atoms with van der Waals surface area (Å²) in [6.07, 6.45) is 3.85. The maximum atomic E-state index is 4.32. The van der Waals surface area contributed by atoms with Crippen LogP contribution in [0, 0.1) is 6.92 Å². The van der Waals surface area contributed by atoms with Gasteiger partial charge in [0.05, 0.1) is 5.69 Å². The van der Waals surface area contributed by atoms with Gasteiger partial charge in [-0.25, -0.2) is 4.98 Å². The first-order chi connectivity index (χ1) is 7.75. The quantitative estimate of drug-likeness (QED) is 0.659. The summed E-state index contributed by atoms with van der Waals surface area (Å²) in [6.45, 7) is 2.14. The summed E-state index contributed by atoms with van der Waals surface area (Å²) in [5, 5.41) is 0. The van der Waals surface area contributed by atoms with Crippen molar-refractivity contribution >= 4 is 32.2 Å². The van der Waals surface area contributed by atoms with Crippen molar-refractivity contribution in [1.82, 2.24) is 9.38 Å². The van der Waals surface area contributed by atoms with Crippen molar-refractivity contribution in [3.05, 3.63) is 46.0 Å². The molecule has 0 radical (unpaired) electrons. The zero-order chi connectivity index (χ0) is 11.1. The van der Waals surface area contributed by atoms with Gasteiger partial charge in [-0.2, -0.15) is 0 Å². The Morgan fingerprint density at radius 1 is 1.25 bits per heavy atom. The van der Waals surface area contributed by atoms with Gasteiger partial charge >= 0.3 is 0 Å². The van der Waals surface area contributed by atoms with Gasteiger partial charge in [0.2, 0.25) is 0 Å². The van der Waals surface area contributed by atoms with Gasteiger partial charge in [0.1, 0.15) is 0 Å². The molecule has 80 valence electrons. The Morgan fingerprint density at radius 2 is 2.00 bits per heavy atom. The molecule has 0 saturated carbocycles. The summed E-state index contributed by atoms with van der Waals surface area (Å²) in [6, 6.07) is 8.38. The van der Waals surface area contributed by atoms with Crippen molar-refractivity contribution in [2.24, 2.45) is 0 Å². The third-order valence-electron chi connectivity index (χ3n) is 2.54. The fourth-order valence-electron chi connectivity index (χ4n) is 1.84. The molecule has 0 spiro atoms. The molecule has 3 rings (SSSR count). The molecule has 2 heterocycles. The van der Waals surface area contributed by atoms with Crippen molar-refractivity contribution in [3.63, 3.8) is 0 Å². The molecular formula is C12H9BrN2S. The minimum absolute atomic E-state index is 1.05. The first-order valence-corrected chi connectivity index (χ1v) is 6.55. The Hall–Kier alpha value is -1.13. The molecule has 16 heavy (non-hydrogen) atoms. The van der Waals surface area contributed by atoms with Crippen LogP contribution in [0.4, 0.5) is 0 Å². The van der Waals surface area contributed by atoms with E-state index in [4.69, 9.17) is 0 Å². The van der Waals surface area contributed by atoms with E-state index >= 15 is 0 Å². The van der Waals surface area contributed by atoms with Gasteiger partial charge in [-0.15, -0.1) is 11.3 Å². The molecule has 0 unspecified atom stereocenters. The lowest BCUT2D eigenvalue weighted by Crippen LogP contribution is -1.85. The van der Waals surface area contributed by atoms with Crippen LogP contribution in [-0.4, -0.2) is 9.38 Å². The number of rotatable bonds is 1. The largest absolute Gasteiger partial charge is 0.290 e. The van der Waals surface area contributed by atoms with E-state index in [0.717, 1.165) is 9.43 Å². The van der Waals surface area contributed by atoms with Crippen molar-refractivity contribution in [3.8, 4) is 11.3 Å². The van der Waals surface area contributed by atoms with Gasteiger partial charge in [-0.3, -0.25) is 4.40 Å². The number of nitrogens with zero attached hydrogens (tertiary/aromatic N) is 2. The van der Waals surface area contributed by atoms with E-state index < -0.39 is 0 Å². The highest BCUT2D eigenvalue weighted by molar-refractivity contribution is 9.10. The lowest BCUT2D eigenvalue weighted by atomic mass is 10.1. The van der Waals surface area contributed by atoms with Crippen LogP contribution in [0.15, 0.2) is 41.1 Å². The van der Waals surface area contributed by atoms with Crippen LogP contribution >= 0.6 is 27.3 Å². The summed E-state index contributed by atoms with van der Waals surface area (Å²) >= 11 is 5.18. The van der Waals surface area contributed by atoms with E-state index in [2.05, 4.69) is 56.5 Å². The molecule has 2 aromatic heterocycles. The van der Waals surface area contributed by atoms with Crippen LogP contribution < -0.4 is 0 Å². The Morgan fingerprint density at radius 3 is 2.75 bits per heavy atom. The molecule has 0 aliphatic heterocycles. The molecule has 0 saturated heterocycles. The maximum absolute atomic E-state index is 4.32. The molecule has 0 amide bonds. The standard InChI is InChI=1S/C12H9BrN2S/c1-8-11(9-2-4-10(13)5-3-9)15-7-6-14-12(15)16-8/h2-7H,1H3. The summed E-state index contributed by atoms with van der Waals surface area (Å²) in [4.78, 5) is 6.66. The van der Waals surface area contributed by atoms with Crippen molar-refractivity contribution < 1.29 is 0 Å². The van der Waals surface area contributed by atoms with Crippen LogP contribution in [0.25, 0.3) is 16.2 Å². The Kier molecular flexibility index (Phi) is 2.33. The summed E-state index contributed by atoms with van der Waals surface area (Å²) in [5.41, 5.74) is 2.47. The molecule has 0 N–H and O–H groups in total. The number of aryl methyl sites for hydroxylation is 1. The normalized spacial score (nSPS) is 11.1. The maximum Gasteiger partial charge on any atom is 0.194 e. The van der Waals surface area contributed by atoms with Gasteiger partial charge in [0.15, 0.2) is 4.96 Å². The second kappa shape index (κ2) is 3.71. The first-order valence-electron chi connectivity index (χ1n) is 4.94. The van der Waals surface area contributed by atoms with Crippen LogP contribution in [0.3, 0.4) is 0 Å². The molecule has 0 aliphatic rings. The zero-order valence-corrected chi connectivity index (χ0v) is 11.0. The molecule has 0 aliphatic carbocycles. The molecule has 0 fully saturated rings. The van der Waals surface area contributed by atoms with Crippen LogP contribution in [0.5, 0.6) is 0 Å². The smallest absolute Gasteiger partial charge is 0.194 e. The molecule has 4 heteroatoms. The molecule has 3 aromatic rings. The number of hydrogen-bond donors (Lipinski definition) is 0. The SMILES string of the molecule is Cc1sc2nccn2c1-c1ccc(Br)cc1. The second-order valence-electron chi connectivity index (χ2n) is 3.59. The van der Waals surface area contributed by atoms with Crippen LogP contribution in [-0.2, 0) is 0 Å². The van der Waals surface area contributed by atoms with E-state index in [1.54, 1.807) is 11.3 Å². The topological polar surface area (TPSA) is 17.3 Å². The zero-order valence-electron chi connectivity index (χ0n) is 8.64. The van der Waals surface area contributed by atoms with E-state index in [9.17, 15) is 0 Å². The molecule has 0 bridgehead atoms. The van der Waals surface area contributed by atoms with Gasteiger partial charge in [0, 0.05) is 21.7 Å². The lowest BCUT2D eigenvalue weighted by Gasteiger charge is -2.01. The minimum atomic E-state index is 1.05. The average molecular weight is 293 g/mol. The van der Waals surface area contributed by atoms with Crippen LogP contribution in [0.2, 0.25) is 0 Å². The van der Waals surface area contributed by atoms with Crippen molar-refractivity contribution in [2.45, 2.75) is 6.92 Å². The molecular weight excluding hydrogens is 284 g/mol. The molecule has 1 aromatic carbocycles. The highest BCUT2D eigenvalue weighted by Crippen LogP contribution is 2.31. The van der Waals surface area contributed by atoms with E-state index in [1.165, 1.54) is 16.1 Å². The van der Waals surface area contributed by atoms with E-state index in [0.29, 0.717) is 0 Å². The van der Waals surface area contributed by atoms with E-state index in [-0.39, 0.29) is 0 Å². The van der Waals surface area contributed by atoms with Crippen LogP contribution in [0.1, 0.15) is 4.88 Å². The predicted molar refractivity (Wildman–Crippen MR) is 70.9 cm³/mol. The number of hydrogen-bond acceptors (Lipinski definition) is 2. The first kappa shape index (κ1) is 10.1. The van der Waals surface area contributed by atoms with Gasteiger partial charge in [-0.1, -0.05) is 28.1 Å². The predicted octanol–water partition coefficient (Wildman–Crippen LogP) is 4.13. The van der Waals surface area contributed by atoms with Gasteiger partial charge < -0.3 is 0 Å². The molecule has 2 nitrogen and oxygen atoms in total. The highest BCUT2D eigenvalue weighted by atomic mass is 79.9. The Balaban J connectivity index is 2.28. The number of fused-ring (bicyclic) bond motifs is 1. The Labute approximate surface area is 106 Å². The average Bonchev–Trinajstić information content (AvgIpc) is 2.79. The summed E-state index contributed by atoms with van der Waals surface area (Å²) in [5.74, 6) is 0. The number of benzene rings is 1. The second-order valence-corrected chi connectivity index (χ2v) is 5.69. The molecule has 0 atom stereocenters. The monoisotopic (exact) mass is 292 g/mol. The summed E-state index contributed by atoms with van der Waals surface area (Å²) in [7, 11) is 0. The number of halogens is 1. The van der Waals surface area contributed by atoms with E-state index in [1.807, 2.05) is 12.4 Å². The third kappa shape index (κ3) is 1.49. The van der Waals surface area contributed by atoms with Gasteiger partial charge in [0.25, 0.3) is 0 Å². The number of thiazole rings is 1. The number of aromatic nitrogens is 2. The third-order valence-corrected chi connectivity index (χ3v) is 4.06. The highest BCUT2D eigenvalue weighted by Gasteiger charge is 2.10. The summed E-state index contributed by atoms with van der Waals surface area (Å²) < 4.78 is 3.24. The fraction of sp³-hybridized carbons (Fsp3) is 0.0833. The lowest BCUT2D eigenvalue weighted by molar-refractivity contribution is 1.22. The Bertz CT molecular complexity index is 637. The van der Waals surface area contributed by atoms with Gasteiger partial charge in [-0.05, 0) is 24.6 Å². The minimum Gasteiger partial charge on any atom is -0.290 e. The van der Waals surface area contributed by atoms with Crippen molar-refractivity contribution in [1.29, 1.82) is 0 Å².